The van der Waals surface area contributed by atoms with Crippen LogP contribution in [-0.4, -0.2) is 22.0 Å². The third-order valence-corrected chi connectivity index (χ3v) is 2.90. The highest BCUT2D eigenvalue weighted by Gasteiger charge is 2.09. The molecule has 0 saturated carbocycles. The highest BCUT2D eigenvalue weighted by Crippen LogP contribution is 2.27. The van der Waals surface area contributed by atoms with Gasteiger partial charge in [-0.05, 0) is 6.07 Å². The zero-order chi connectivity index (χ0) is 12.1. The first-order chi connectivity index (χ1) is 8.25. The summed E-state index contributed by atoms with van der Waals surface area (Å²) >= 11 is 1.39. The van der Waals surface area contributed by atoms with Crippen molar-refractivity contribution in [3.63, 3.8) is 0 Å². The molecular formula is C10H9F2N3OS. The van der Waals surface area contributed by atoms with E-state index in [4.69, 9.17) is 0 Å². The van der Waals surface area contributed by atoms with E-state index in [9.17, 15) is 8.78 Å². The number of benzene rings is 1. The number of ether oxygens (including phenoxy) is 1. The van der Waals surface area contributed by atoms with Crippen LogP contribution in [0.25, 0.3) is 0 Å². The monoisotopic (exact) mass is 257 g/mol. The van der Waals surface area contributed by atoms with E-state index in [1.165, 1.54) is 17.8 Å². The van der Waals surface area contributed by atoms with Crippen LogP contribution in [0, 0.1) is 0 Å². The summed E-state index contributed by atoms with van der Waals surface area (Å²) in [5, 5.41) is 10.7. The maximum absolute atomic E-state index is 12.2. The molecule has 0 aliphatic rings. The molecule has 0 spiro atoms. The molecule has 90 valence electrons. The fraction of sp³-hybridized carbons (Fsp3) is 0.200. The third-order valence-electron chi connectivity index (χ3n) is 1.96. The predicted molar refractivity (Wildman–Crippen MR) is 59.0 cm³/mol. The maximum Gasteiger partial charge on any atom is 0.387 e. The van der Waals surface area contributed by atoms with Crippen LogP contribution in [0.1, 0.15) is 5.56 Å². The van der Waals surface area contributed by atoms with Gasteiger partial charge >= 0.3 is 6.61 Å². The first-order valence-electron chi connectivity index (χ1n) is 4.77. The third kappa shape index (κ3) is 3.42. The Labute approximate surface area is 100 Å². The van der Waals surface area contributed by atoms with E-state index >= 15 is 0 Å². The average molecular weight is 257 g/mol. The van der Waals surface area contributed by atoms with Crippen molar-refractivity contribution < 1.29 is 13.5 Å². The van der Waals surface area contributed by atoms with Crippen molar-refractivity contribution in [2.45, 2.75) is 17.4 Å². The summed E-state index contributed by atoms with van der Waals surface area (Å²) in [6, 6.07) is 6.69. The second kappa shape index (κ2) is 5.62. The Morgan fingerprint density at radius 1 is 1.35 bits per heavy atom. The zero-order valence-electron chi connectivity index (χ0n) is 8.64. The Morgan fingerprint density at radius 3 is 2.88 bits per heavy atom. The predicted octanol–water partition coefficient (Wildman–Crippen LogP) is 2.70. The molecule has 0 aliphatic heterocycles. The van der Waals surface area contributed by atoms with E-state index < -0.39 is 6.61 Å². The van der Waals surface area contributed by atoms with Gasteiger partial charge in [0.2, 0.25) is 0 Å². The van der Waals surface area contributed by atoms with E-state index in [1.54, 1.807) is 24.4 Å². The number of thioether (sulfide) groups is 1. The molecule has 1 heterocycles. The number of nitrogens with zero attached hydrogens (tertiary/aromatic N) is 2. The Hall–Kier alpha value is -1.63. The van der Waals surface area contributed by atoms with Crippen molar-refractivity contribution >= 4 is 11.8 Å². The Bertz CT molecular complexity index is 464. The van der Waals surface area contributed by atoms with Gasteiger partial charge < -0.3 is 4.74 Å². The van der Waals surface area contributed by atoms with Crippen LogP contribution < -0.4 is 4.74 Å². The molecule has 7 heteroatoms. The molecular weight excluding hydrogens is 248 g/mol. The van der Waals surface area contributed by atoms with Crippen molar-refractivity contribution in [3.05, 3.63) is 36.0 Å². The lowest BCUT2D eigenvalue weighted by Gasteiger charge is -2.09. The van der Waals surface area contributed by atoms with Gasteiger partial charge in [0.05, 0.1) is 6.20 Å². The summed E-state index contributed by atoms with van der Waals surface area (Å²) in [7, 11) is 0. The minimum Gasteiger partial charge on any atom is -0.435 e. The summed E-state index contributed by atoms with van der Waals surface area (Å²) in [6.07, 6.45) is 1.57. The number of halogens is 2. The van der Waals surface area contributed by atoms with Gasteiger partial charge in [-0.15, -0.1) is 5.10 Å². The van der Waals surface area contributed by atoms with Crippen LogP contribution >= 0.6 is 11.8 Å². The van der Waals surface area contributed by atoms with E-state index in [0.717, 1.165) is 0 Å². The fourth-order valence-corrected chi connectivity index (χ4v) is 2.02. The number of rotatable bonds is 5. The largest absolute Gasteiger partial charge is 0.435 e. The van der Waals surface area contributed by atoms with Crippen molar-refractivity contribution in [1.82, 2.24) is 15.4 Å². The summed E-state index contributed by atoms with van der Waals surface area (Å²) in [4.78, 5) is 0. The minimum absolute atomic E-state index is 0.193. The molecule has 4 nitrogen and oxygen atoms in total. The number of aromatic nitrogens is 3. The number of hydrogen-bond acceptors (Lipinski definition) is 4. The van der Waals surface area contributed by atoms with Crippen LogP contribution in [0.3, 0.4) is 0 Å². The van der Waals surface area contributed by atoms with E-state index in [0.29, 0.717) is 16.3 Å². The minimum atomic E-state index is -2.81. The molecule has 17 heavy (non-hydrogen) atoms. The molecule has 0 unspecified atom stereocenters. The zero-order valence-corrected chi connectivity index (χ0v) is 9.45. The van der Waals surface area contributed by atoms with Crippen LogP contribution in [0.5, 0.6) is 5.75 Å². The van der Waals surface area contributed by atoms with Crippen LogP contribution in [0.15, 0.2) is 35.5 Å². The van der Waals surface area contributed by atoms with Gasteiger partial charge in [0.1, 0.15) is 10.8 Å². The second-order valence-electron chi connectivity index (χ2n) is 3.08. The Morgan fingerprint density at radius 2 is 2.18 bits per heavy atom. The number of alkyl halides is 2. The van der Waals surface area contributed by atoms with Gasteiger partial charge in [0.25, 0.3) is 0 Å². The van der Waals surface area contributed by atoms with Crippen molar-refractivity contribution in [2.24, 2.45) is 0 Å². The van der Waals surface area contributed by atoms with Crippen molar-refractivity contribution in [2.75, 3.05) is 0 Å². The first-order valence-corrected chi connectivity index (χ1v) is 5.75. The quantitative estimate of drug-likeness (QED) is 0.837. The lowest BCUT2D eigenvalue weighted by molar-refractivity contribution is -0.0503. The molecule has 2 rings (SSSR count). The molecule has 1 N–H and O–H groups in total. The smallest absolute Gasteiger partial charge is 0.387 e. The highest BCUT2D eigenvalue weighted by atomic mass is 32.2. The van der Waals surface area contributed by atoms with Gasteiger partial charge in [0.15, 0.2) is 0 Å². The number of aromatic amines is 1. The highest BCUT2D eigenvalue weighted by molar-refractivity contribution is 7.98. The van der Waals surface area contributed by atoms with Gasteiger partial charge in [-0.2, -0.15) is 19.1 Å². The molecule has 0 radical (unpaired) electrons. The summed E-state index contributed by atoms with van der Waals surface area (Å²) < 4.78 is 28.7. The van der Waals surface area contributed by atoms with E-state index in [1.807, 2.05) is 0 Å². The lowest BCUT2D eigenvalue weighted by Crippen LogP contribution is -2.03. The fourth-order valence-electron chi connectivity index (χ4n) is 1.25. The molecule has 0 fully saturated rings. The van der Waals surface area contributed by atoms with Gasteiger partial charge in [-0.3, -0.25) is 0 Å². The van der Waals surface area contributed by atoms with Gasteiger partial charge in [0, 0.05) is 11.3 Å². The summed E-state index contributed by atoms with van der Waals surface area (Å²) in [5.74, 6) is 0.689. The molecule has 1 aromatic heterocycles. The molecule has 0 atom stereocenters. The van der Waals surface area contributed by atoms with Crippen LogP contribution in [0.4, 0.5) is 8.78 Å². The van der Waals surface area contributed by atoms with Crippen molar-refractivity contribution in [3.8, 4) is 5.75 Å². The Balaban J connectivity index is 2.04. The topological polar surface area (TPSA) is 50.8 Å². The molecule has 1 aromatic carbocycles. The van der Waals surface area contributed by atoms with E-state index in [2.05, 4.69) is 20.1 Å². The maximum atomic E-state index is 12.2. The summed E-state index contributed by atoms with van der Waals surface area (Å²) in [6.45, 7) is -2.81. The molecule has 2 aromatic rings. The number of nitrogens with one attached hydrogen (secondary N) is 1. The molecule has 0 saturated heterocycles. The van der Waals surface area contributed by atoms with Crippen LogP contribution in [-0.2, 0) is 5.75 Å². The number of para-hydroxylation sites is 1. The number of H-pyrrole nitrogens is 1. The summed E-state index contributed by atoms with van der Waals surface area (Å²) in [5.41, 5.74) is 0.695. The lowest BCUT2D eigenvalue weighted by atomic mass is 10.2. The van der Waals surface area contributed by atoms with Gasteiger partial charge in [-0.1, -0.05) is 30.0 Å². The molecule has 0 amide bonds. The second-order valence-corrected chi connectivity index (χ2v) is 4.08. The number of hydrogen-bond donors (Lipinski definition) is 1. The normalized spacial score (nSPS) is 10.8. The molecule has 0 bridgehead atoms. The van der Waals surface area contributed by atoms with Crippen LogP contribution in [0.2, 0.25) is 0 Å². The Kier molecular flexibility index (Phi) is 3.92. The molecule has 0 aliphatic carbocycles. The van der Waals surface area contributed by atoms with E-state index in [-0.39, 0.29) is 5.75 Å². The first kappa shape index (κ1) is 11.8. The average Bonchev–Trinajstić information content (AvgIpc) is 2.80. The van der Waals surface area contributed by atoms with Gasteiger partial charge in [-0.25, -0.2) is 0 Å². The standard InChI is InChI=1S/C10H9F2N3OS/c11-10(12)16-8-4-2-1-3-7(8)6-17-9-5-13-15-14-9/h1-5,10H,6H2,(H,13,14,15). The SMILES string of the molecule is FC(F)Oc1ccccc1CSc1cn[nH]n1. The van der Waals surface area contributed by atoms with Crippen molar-refractivity contribution in [1.29, 1.82) is 0 Å².